The third kappa shape index (κ3) is 6.25. The standard InChI is InChI=1S/C35H30FN5O5/c1-21-29-14-15-30(42)41(28-12-8-25(9-13-28)33(44)37-20-22-2-4-26(5-3-22)34(45)46)32(29)39-35(38-21)40-18-16-24(17-19-40)31(43)23-6-10-27(36)11-7-23/h2-15,24H,16-20H2,1H3,(H,37,44)(H,45,46). The number of aryl methyl sites for hydroxylation is 1. The number of hydrogen-bond acceptors (Lipinski definition) is 7. The largest absolute Gasteiger partial charge is 0.478 e. The van der Waals surface area contributed by atoms with E-state index in [0.29, 0.717) is 65.4 Å². The van der Waals surface area contributed by atoms with E-state index in [1.54, 1.807) is 42.5 Å². The average Bonchev–Trinajstić information content (AvgIpc) is 3.07. The number of benzene rings is 3. The zero-order valence-corrected chi connectivity index (χ0v) is 24.9. The highest BCUT2D eigenvalue weighted by Gasteiger charge is 2.27. The Hall–Kier alpha value is -5.71. The van der Waals surface area contributed by atoms with Crippen LogP contribution in [0.15, 0.2) is 89.7 Å². The Kier molecular flexibility index (Phi) is 8.39. The van der Waals surface area contributed by atoms with Gasteiger partial charge in [0.2, 0.25) is 5.95 Å². The maximum Gasteiger partial charge on any atom is 0.335 e. The van der Waals surface area contributed by atoms with Crippen molar-refractivity contribution in [3.05, 3.63) is 129 Å². The van der Waals surface area contributed by atoms with Gasteiger partial charge in [0.25, 0.3) is 11.5 Å². The summed E-state index contributed by atoms with van der Waals surface area (Å²) in [6.07, 6.45) is 1.19. The fourth-order valence-corrected chi connectivity index (χ4v) is 5.65. The van der Waals surface area contributed by atoms with Crippen molar-refractivity contribution >= 4 is 34.6 Å². The van der Waals surface area contributed by atoms with Crippen LogP contribution in [0.5, 0.6) is 0 Å². The van der Waals surface area contributed by atoms with Gasteiger partial charge in [-0.1, -0.05) is 12.1 Å². The number of pyridine rings is 1. The lowest BCUT2D eigenvalue weighted by atomic mass is 9.89. The van der Waals surface area contributed by atoms with Crippen LogP contribution in [0.3, 0.4) is 0 Å². The SMILES string of the molecule is Cc1nc(N2CCC(C(=O)c3ccc(F)cc3)CC2)nc2c1ccc(=O)n2-c1ccc(C(=O)NCc2ccc(C(=O)O)cc2)cc1. The molecule has 1 aliphatic heterocycles. The van der Waals surface area contributed by atoms with E-state index in [9.17, 15) is 23.6 Å². The Labute approximate surface area is 263 Å². The van der Waals surface area contributed by atoms with E-state index in [4.69, 9.17) is 15.1 Å². The van der Waals surface area contributed by atoms with Gasteiger partial charge in [0, 0.05) is 48.1 Å². The summed E-state index contributed by atoms with van der Waals surface area (Å²) in [6, 6.07) is 21.7. The van der Waals surface area contributed by atoms with E-state index in [1.165, 1.54) is 47.0 Å². The quantitative estimate of drug-likeness (QED) is 0.233. The molecule has 0 spiro atoms. The minimum Gasteiger partial charge on any atom is -0.478 e. The van der Waals surface area contributed by atoms with Crippen LogP contribution in [0, 0.1) is 18.7 Å². The van der Waals surface area contributed by atoms with E-state index >= 15 is 0 Å². The topological polar surface area (TPSA) is 134 Å². The zero-order valence-electron chi connectivity index (χ0n) is 24.9. The predicted molar refractivity (Wildman–Crippen MR) is 170 cm³/mol. The second-order valence-electron chi connectivity index (χ2n) is 11.2. The van der Waals surface area contributed by atoms with Crippen molar-refractivity contribution in [1.29, 1.82) is 0 Å². The highest BCUT2D eigenvalue weighted by molar-refractivity contribution is 5.98. The Morgan fingerprint density at radius 2 is 1.48 bits per heavy atom. The van der Waals surface area contributed by atoms with Crippen molar-refractivity contribution in [3.63, 3.8) is 0 Å². The van der Waals surface area contributed by atoms with Crippen LogP contribution in [-0.2, 0) is 6.54 Å². The molecule has 46 heavy (non-hydrogen) atoms. The van der Waals surface area contributed by atoms with Crippen LogP contribution < -0.4 is 15.8 Å². The molecule has 6 rings (SSSR count). The molecule has 10 nitrogen and oxygen atoms in total. The highest BCUT2D eigenvalue weighted by atomic mass is 19.1. The Morgan fingerprint density at radius 3 is 2.13 bits per heavy atom. The van der Waals surface area contributed by atoms with E-state index in [-0.39, 0.29) is 41.1 Å². The van der Waals surface area contributed by atoms with Crippen LogP contribution in [0.1, 0.15) is 55.2 Å². The normalized spacial score (nSPS) is 13.5. The number of rotatable bonds is 8. The minimum atomic E-state index is -1.02. The lowest BCUT2D eigenvalue weighted by Crippen LogP contribution is -2.37. The Balaban J connectivity index is 1.19. The van der Waals surface area contributed by atoms with E-state index < -0.39 is 5.97 Å². The summed E-state index contributed by atoms with van der Waals surface area (Å²) in [6.45, 7) is 3.18. The van der Waals surface area contributed by atoms with Gasteiger partial charge in [-0.05, 0) is 92.1 Å². The summed E-state index contributed by atoms with van der Waals surface area (Å²) >= 11 is 0. The van der Waals surface area contributed by atoms with Gasteiger partial charge in [-0.15, -0.1) is 0 Å². The fourth-order valence-electron chi connectivity index (χ4n) is 5.65. The van der Waals surface area contributed by atoms with Crippen LogP contribution in [0.4, 0.5) is 10.3 Å². The third-order valence-electron chi connectivity index (χ3n) is 8.25. The molecule has 0 atom stereocenters. The number of halogens is 1. The summed E-state index contributed by atoms with van der Waals surface area (Å²) in [5, 5.41) is 12.6. The number of nitrogens with zero attached hydrogens (tertiary/aromatic N) is 4. The molecule has 0 radical (unpaired) electrons. The number of carboxylic acids is 1. The first-order chi connectivity index (χ1) is 22.2. The highest BCUT2D eigenvalue weighted by Crippen LogP contribution is 2.27. The van der Waals surface area contributed by atoms with Gasteiger partial charge in [0.05, 0.1) is 16.9 Å². The molecular weight excluding hydrogens is 589 g/mol. The number of fused-ring (bicyclic) bond motifs is 1. The maximum absolute atomic E-state index is 13.3. The van der Waals surface area contributed by atoms with Gasteiger partial charge in [-0.3, -0.25) is 19.0 Å². The number of piperidine rings is 1. The number of Topliss-reactive ketones (excluding diaryl/α,β-unsaturated/α-hetero) is 1. The molecular formula is C35H30FN5O5. The summed E-state index contributed by atoms with van der Waals surface area (Å²) < 4.78 is 14.8. The number of carbonyl (C=O) groups is 3. The van der Waals surface area contributed by atoms with Gasteiger partial charge < -0.3 is 15.3 Å². The van der Waals surface area contributed by atoms with Crippen molar-refractivity contribution in [1.82, 2.24) is 19.9 Å². The van der Waals surface area contributed by atoms with Crippen molar-refractivity contribution in [2.45, 2.75) is 26.3 Å². The lowest BCUT2D eigenvalue weighted by Gasteiger charge is -2.31. The zero-order chi connectivity index (χ0) is 32.4. The fraction of sp³-hybridized carbons (Fsp3) is 0.200. The number of aromatic nitrogens is 3. The van der Waals surface area contributed by atoms with E-state index in [0.717, 1.165) is 5.56 Å². The molecule has 3 heterocycles. The number of nitrogens with one attached hydrogen (secondary N) is 1. The number of anilines is 1. The van der Waals surface area contributed by atoms with Crippen molar-refractivity contribution in [3.8, 4) is 5.69 Å². The molecule has 232 valence electrons. The van der Waals surface area contributed by atoms with Crippen molar-refractivity contribution < 1.29 is 23.9 Å². The molecule has 3 aromatic carbocycles. The molecule has 0 bridgehead atoms. The van der Waals surface area contributed by atoms with Gasteiger partial charge in [0.1, 0.15) is 5.82 Å². The molecule has 1 saturated heterocycles. The summed E-state index contributed by atoms with van der Waals surface area (Å²) in [4.78, 5) is 61.5. The molecule has 1 amide bonds. The molecule has 2 aromatic heterocycles. The van der Waals surface area contributed by atoms with Crippen LogP contribution in [0.2, 0.25) is 0 Å². The number of amides is 1. The van der Waals surface area contributed by atoms with E-state index in [1.807, 2.05) is 11.8 Å². The average molecular weight is 620 g/mol. The van der Waals surface area contributed by atoms with Crippen LogP contribution >= 0.6 is 0 Å². The molecule has 0 aliphatic carbocycles. The molecule has 0 unspecified atom stereocenters. The van der Waals surface area contributed by atoms with E-state index in [2.05, 4.69) is 5.32 Å². The number of aromatic carboxylic acids is 1. The molecule has 2 N–H and O–H groups in total. The molecule has 5 aromatic rings. The van der Waals surface area contributed by atoms with Crippen LogP contribution in [-0.4, -0.2) is 50.4 Å². The first kappa shape index (κ1) is 30.3. The van der Waals surface area contributed by atoms with Gasteiger partial charge in [-0.25, -0.2) is 14.2 Å². The summed E-state index contributed by atoms with van der Waals surface area (Å²) in [5.74, 6) is -1.44. The lowest BCUT2D eigenvalue weighted by molar-refractivity contribution is 0.0696. The number of ketones is 1. The smallest absolute Gasteiger partial charge is 0.335 e. The minimum absolute atomic E-state index is 0.00405. The van der Waals surface area contributed by atoms with Gasteiger partial charge >= 0.3 is 5.97 Å². The molecule has 1 fully saturated rings. The van der Waals surface area contributed by atoms with Crippen LogP contribution in [0.25, 0.3) is 16.7 Å². The summed E-state index contributed by atoms with van der Waals surface area (Å²) in [7, 11) is 0. The van der Waals surface area contributed by atoms with Crippen molar-refractivity contribution in [2.75, 3.05) is 18.0 Å². The Morgan fingerprint density at radius 1 is 0.848 bits per heavy atom. The summed E-state index contributed by atoms with van der Waals surface area (Å²) in [5.41, 5.74) is 3.19. The van der Waals surface area contributed by atoms with Crippen molar-refractivity contribution in [2.24, 2.45) is 5.92 Å². The monoisotopic (exact) mass is 619 g/mol. The molecule has 0 saturated carbocycles. The number of hydrogen-bond donors (Lipinski definition) is 2. The first-order valence-electron chi connectivity index (χ1n) is 14.8. The van der Waals surface area contributed by atoms with Gasteiger partial charge in [0.15, 0.2) is 11.4 Å². The van der Waals surface area contributed by atoms with Gasteiger partial charge in [-0.2, -0.15) is 4.98 Å². The third-order valence-corrected chi connectivity index (χ3v) is 8.25. The second-order valence-corrected chi connectivity index (χ2v) is 11.2. The molecule has 1 aliphatic rings. The number of carbonyl (C=O) groups excluding carboxylic acids is 2. The second kappa shape index (κ2) is 12.7. The number of carboxylic acid groups (broad SMARTS) is 1. The predicted octanol–water partition coefficient (Wildman–Crippen LogP) is 4.96. The Bertz CT molecular complexity index is 2000. The maximum atomic E-state index is 13.3. The first-order valence-corrected chi connectivity index (χ1v) is 14.8. The molecule has 11 heteroatoms.